The Labute approximate surface area is 138 Å². The van der Waals surface area contributed by atoms with Crippen LogP contribution in [0.5, 0.6) is 0 Å². The standard InChI is InChI=1S/C17H15ClN4O/c1-12(13-6-2-4-10-19-13)20-16(23)9-8-14-17(18)21-15-7-3-5-11-22(14)15/h2-12H,1H3,(H,20,23)/b9-8+. The molecule has 0 aliphatic carbocycles. The van der Waals surface area contributed by atoms with E-state index in [4.69, 9.17) is 11.6 Å². The molecule has 0 fully saturated rings. The average molecular weight is 327 g/mol. The van der Waals surface area contributed by atoms with Crippen LogP contribution in [-0.2, 0) is 4.79 Å². The largest absolute Gasteiger partial charge is 0.344 e. The van der Waals surface area contributed by atoms with E-state index in [9.17, 15) is 4.79 Å². The molecule has 116 valence electrons. The summed E-state index contributed by atoms with van der Waals surface area (Å²) in [5.41, 5.74) is 2.21. The number of nitrogens with zero attached hydrogens (tertiary/aromatic N) is 3. The highest BCUT2D eigenvalue weighted by molar-refractivity contribution is 6.31. The van der Waals surface area contributed by atoms with E-state index >= 15 is 0 Å². The van der Waals surface area contributed by atoms with Crippen LogP contribution in [0.15, 0.2) is 54.9 Å². The molecule has 1 N–H and O–H groups in total. The summed E-state index contributed by atoms with van der Waals surface area (Å²) < 4.78 is 1.83. The first-order valence-corrected chi connectivity index (χ1v) is 7.55. The summed E-state index contributed by atoms with van der Waals surface area (Å²) in [6, 6.07) is 11.0. The Balaban J connectivity index is 1.74. The van der Waals surface area contributed by atoms with Crippen molar-refractivity contribution in [2.45, 2.75) is 13.0 Å². The number of nitrogens with one attached hydrogen (secondary N) is 1. The second-order valence-corrected chi connectivity index (χ2v) is 5.39. The molecule has 5 nitrogen and oxygen atoms in total. The van der Waals surface area contributed by atoms with E-state index in [0.29, 0.717) is 10.8 Å². The molecule has 3 rings (SSSR count). The number of hydrogen-bond acceptors (Lipinski definition) is 3. The minimum atomic E-state index is -0.217. The molecule has 0 radical (unpaired) electrons. The minimum absolute atomic E-state index is 0.175. The normalized spacial score (nSPS) is 12.6. The lowest BCUT2D eigenvalue weighted by molar-refractivity contribution is -0.117. The Kier molecular flexibility index (Phi) is 4.39. The van der Waals surface area contributed by atoms with Crippen LogP contribution in [0.25, 0.3) is 11.7 Å². The molecular weight excluding hydrogens is 312 g/mol. The number of rotatable bonds is 4. The van der Waals surface area contributed by atoms with E-state index in [1.807, 2.05) is 53.9 Å². The fourth-order valence-corrected chi connectivity index (χ4v) is 2.50. The molecule has 1 amide bonds. The summed E-state index contributed by atoms with van der Waals surface area (Å²) in [6.45, 7) is 1.88. The average Bonchev–Trinajstić information content (AvgIpc) is 2.89. The van der Waals surface area contributed by atoms with Gasteiger partial charge in [-0.15, -0.1) is 0 Å². The van der Waals surface area contributed by atoms with E-state index in [1.54, 1.807) is 12.3 Å². The fourth-order valence-electron chi connectivity index (χ4n) is 2.26. The lowest BCUT2D eigenvalue weighted by atomic mass is 10.2. The van der Waals surface area contributed by atoms with Crippen LogP contribution in [0.1, 0.15) is 24.4 Å². The Morgan fingerprint density at radius 3 is 2.91 bits per heavy atom. The van der Waals surface area contributed by atoms with Crippen molar-refractivity contribution in [3.05, 3.63) is 71.4 Å². The van der Waals surface area contributed by atoms with E-state index < -0.39 is 0 Å². The van der Waals surface area contributed by atoms with Gasteiger partial charge in [-0.05, 0) is 37.3 Å². The van der Waals surface area contributed by atoms with Gasteiger partial charge in [0.25, 0.3) is 0 Å². The van der Waals surface area contributed by atoms with Crippen LogP contribution >= 0.6 is 11.6 Å². The lowest BCUT2D eigenvalue weighted by Gasteiger charge is -2.11. The molecule has 0 saturated heterocycles. The second-order valence-electron chi connectivity index (χ2n) is 5.03. The Bertz CT molecular complexity index is 857. The Morgan fingerprint density at radius 2 is 2.13 bits per heavy atom. The van der Waals surface area contributed by atoms with Gasteiger partial charge in [0.15, 0.2) is 5.15 Å². The third-order valence-electron chi connectivity index (χ3n) is 3.40. The number of carbonyl (C=O) groups excluding carboxylic acids is 1. The maximum atomic E-state index is 12.1. The summed E-state index contributed by atoms with van der Waals surface area (Å²) in [7, 11) is 0. The van der Waals surface area contributed by atoms with Gasteiger partial charge in [0.2, 0.25) is 5.91 Å². The van der Waals surface area contributed by atoms with Crippen molar-refractivity contribution in [1.29, 1.82) is 0 Å². The first kappa shape index (κ1) is 15.2. The maximum Gasteiger partial charge on any atom is 0.244 e. The summed E-state index contributed by atoms with van der Waals surface area (Å²) in [5.74, 6) is -0.217. The van der Waals surface area contributed by atoms with Crippen molar-refractivity contribution in [1.82, 2.24) is 19.7 Å². The van der Waals surface area contributed by atoms with Gasteiger partial charge >= 0.3 is 0 Å². The van der Waals surface area contributed by atoms with E-state index in [1.165, 1.54) is 6.08 Å². The molecule has 0 saturated carbocycles. The molecule has 1 unspecified atom stereocenters. The number of hydrogen-bond donors (Lipinski definition) is 1. The first-order valence-electron chi connectivity index (χ1n) is 7.17. The van der Waals surface area contributed by atoms with Crippen LogP contribution in [0.3, 0.4) is 0 Å². The topological polar surface area (TPSA) is 59.3 Å². The number of imidazole rings is 1. The molecular formula is C17H15ClN4O. The molecule has 3 heterocycles. The van der Waals surface area contributed by atoms with Crippen LogP contribution in [0.4, 0.5) is 0 Å². The maximum absolute atomic E-state index is 12.1. The van der Waals surface area contributed by atoms with Crippen molar-refractivity contribution in [3.63, 3.8) is 0 Å². The van der Waals surface area contributed by atoms with Crippen LogP contribution in [0, 0.1) is 0 Å². The smallest absolute Gasteiger partial charge is 0.244 e. The third-order valence-corrected chi connectivity index (χ3v) is 3.68. The van der Waals surface area contributed by atoms with Gasteiger partial charge in [0, 0.05) is 18.5 Å². The fraction of sp³-hybridized carbons (Fsp3) is 0.118. The number of pyridine rings is 2. The lowest BCUT2D eigenvalue weighted by Crippen LogP contribution is -2.25. The van der Waals surface area contributed by atoms with Gasteiger partial charge < -0.3 is 5.32 Å². The number of fused-ring (bicyclic) bond motifs is 1. The highest BCUT2D eigenvalue weighted by Gasteiger charge is 2.10. The van der Waals surface area contributed by atoms with Gasteiger partial charge in [-0.3, -0.25) is 14.2 Å². The van der Waals surface area contributed by atoms with Gasteiger partial charge in [0.1, 0.15) is 5.65 Å². The molecule has 0 aromatic carbocycles. The molecule has 1 atom stereocenters. The van der Waals surface area contributed by atoms with Crippen molar-refractivity contribution in [2.75, 3.05) is 0 Å². The van der Waals surface area contributed by atoms with E-state index in [2.05, 4.69) is 15.3 Å². The SMILES string of the molecule is CC(NC(=O)/C=C/c1c(Cl)nc2ccccn12)c1ccccn1. The van der Waals surface area contributed by atoms with Crippen LogP contribution in [-0.4, -0.2) is 20.3 Å². The van der Waals surface area contributed by atoms with Crippen LogP contribution in [0.2, 0.25) is 5.15 Å². The summed E-state index contributed by atoms with van der Waals surface area (Å²) >= 11 is 6.13. The summed E-state index contributed by atoms with van der Waals surface area (Å²) in [5, 5.41) is 3.22. The Hall–Kier alpha value is -2.66. The Morgan fingerprint density at radius 1 is 1.30 bits per heavy atom. The summed E-state index contributed by atoms with van der Waals surface area (Å²) in [4.78, 5) is 20.5. The zero-order chi connectivity index (χ0) is 16.2. The first-order chi connectivity index (χ1) is 11.1. The van der Waals surface area contributed by atoms with Crippen molar-refractivity contribution in [3.8, 4) is 0 Å². The molecule has 0 spiro atoms. The molecule has 3 aromatic rings. The number of aromatic nitrogens is 3. The zero-order valence-electron chi connectivity index (χ0n) is 12.5. The quantitative estimate of drug-likeness (QED) is 0.748. The molecule has 0 aliphatic rings. The predicted molar refractivity (Wildman–Crippen MR) is 90.0 cm³/mol. The minimum Gasteiger partial charge on any atom is -0.344 e. The third kappa shape index (κ3) is 3.40. The molecule has 23 heavy (non-hydrogen) atoms. The molecule has 0 aliphatic heterocycles. The molecule has 0 bridgehead atoms. The van der Waals surface area contributed by atoms with Crippen molar-refractivity contribution in [2.24, 2.45) is 0 Å². The number of carbonyl (C=O) groups is 1. The van der Waals surface area contributed by atoms with Crippen molar-refractivity contribution >= 4 is 29.2 Å². The highest BCUT2D eigenvalue weighted by atomic mass is 35.5. The number of halogens is 1. The predicted octanol–water partition coefficient (Wildman–Crippen LogP) is 3.27. The second kappa shape index (κ2) is 6.62. The number of amides is 1. The van der Waals surface area contributed by atoms with Gasteiger partial charge in [0.05, 0.1) is 17.4 Å². The summed E-state index contributed by atoms with van der Waals surface area (Å²) in [6.07, 6.45) is 6.65. The monoisotopic (exact) mass is 326 g/mol. The highest BCUT2D eigenvalue weighted by Crippen LogP contribution is 2.18. The zero-order valence-corrected chi connectivity index (χ0v) is 13.2. The van der Waals surface area contributed by atoms with Gasteiger partial charge in [-0.2, -0.15) is 0 Å². The van der Waals surface area contributed by atoms with E-state index in [0.717, 1.165) is 11.3 Å². The van der Waals surface area contributed by atoms with Crippen LogP contribution < -0.4 is 5.32 Å². The van der Waals surface area contributed by atoms with Gasteiger partial charge in [-0.25, -0.2) is 4.98 Å². The van der Waals surface area contributed by atoms with E-state index in [-0.39, 0.29) is 11.9 Å². The molecule has 6 heteroatoms. The van der Waals surface area contributed by atoms with Gasteiger partial charge in [-0.1, -0.05) is 23.7 Å². The molecule has 3 aromatic heterocycles. The van der Waals surface area contributed by atoms with Crippen molar-refractivity contribution < 1.29 is 4.79 Å².